The van der Waals surface area contributed by atoms with Gasteiger partial charge in [-0.2, -0.15) is 0 Å². The summed E-state index contributed by atoms with van der Waals surface area (Å²) in [5, 5.41) is 0. The highest BCUT2D eigenvalue weighted by Crippen LogP contribution is 2.24. The predicted octanol–water partition coefficient (Wildman–Crippen LogP) is 2.98. The van der Waals surface area contributed by atoms with Crippen molar-refractivity contribution in [1.29, 1.82) is 0 Å². The molecule has 2 N–H and O–H groups in total. The Kier molecular flexibility index (Phi) is 4.81. The number of rotatable bonds is 5. The van der Waals surface area contributed by atoms with Crippen LogP contribution in [0.15, 0.2) is 12.1 Å². The monoisotopic (exact) mass is 221 g/mol. The summed E-state index contributed by atoms with van der Waals surface area (Å²) >= 11 is 0. The van der Waals surface area contributed by atoms with Gasteiger partial charge < -0.3 is 10.5 Å². The highest BCUT2D eigenvalue weighted by atomic mass is 16.5. The van der Waals surface area contributed by atoms with Gasteiger partial charge in [-0.1, -0.05) is 13.0 Å². The molecule has 1 atom stereocenters. The lowest BCUT2D eigenvalue weighted by atomic mass is 9.99. The third kappa shape index (κ3) is 3.24. The topological polar surface area (TPSA) is 35.2 Å². The van der Waals surface area contributed by atoms with Gasteiger partial charge in [0, 0.05) is 6.04 Å². The molecule has 0 aliphatic carbocycles. The zero-order valence-corrected chi connectivity index (χ0v) is 10.8. The van der Waals surface area contributed by atoms with Gasteiger partial charge in [-0.3, -0.25) is 0 Å². The molecule has 0 spiro atoms. The Balaban J connectivity index is 2.81. The normalized spacial score (nSPS) is 12.6. The van der Waals surface area contributed by atoms with Gasteiger partial charge in [-0.15, -0.1) is 0 Å². The van der Waals surface area contributed by atoms with Crippen molar-refractivity contribution in [2.75, 3.05) is 7.11 Å². The van der Waals surface area contributed by atoms with Gasteiger partial charge in [-0.25, -0.2) is 0 Å². The number of ether oxygens (including phenoxy) is 1. The van der Waals surface area contributed by atoms with Crippen molar-refractivity contribution in [3.63, 3.8) is 0 Å². The van der Waals surface area contributed by atoms with Crippen molar-refractivity contribution in [1.82, 2.24) is 0 Å². The van der Waals surface area contributed by atoms with Crippen molar-refractivity contribution in [3.05, 3.63) is 28.8 Å². The lowest BCUT2D eigenvalue weighted by Gasteiger charge is -2.13. The number of aryl methyl sites for hydroxylation is 3. The fourth-order valence-corrected chi connectivity index (χ4v) is 1.78. The molecule has 0 aliphatic heterocycles. The van der Waals surface area contributed by atoms with Crippen LogP contribution in [0.3, 0.4) is 0 Å². The highest BCUT2D eigenvalue weighted by molar-refractivity contribution is 5.41. The zero-order valence-electron chi connectivity index (χ0n) is 10.8. The number of hydrogen-bond donors (Lipinski definition) is 1. The molecule has 1 aromatic carbocycles. The molecule has 1 rings (SSSR count). The molecule has 2 nitrogen and oxygen atoms in total. The van der Waals surface area contributed by atoms with Gasteiger partial charge in [0.2, 0.25) is 0 Å². The molecule has 0 aliphatic rings. The fourth-order valence-electron chi connectivity index (χ4n) is 1.78. The van der Waals surface area contributed by atoms with Crippen LogP contribution in [0.4, 0.5) is 0 Å². The molecule has 0 heterocycles. The van der Waals surface area contributed by atoms with Crippen LogP contribution in [0.5, 0.6) is 5.75 Å². The summed E-state index contributed by atoms with van der Waals surface area (Å²) in [5.41, 5.74) is 9.81. The molecule has 0 radical (unpaired) electrons. The number of nitrogens with two attached hydrogens (primary N) is 1. The first kappa shape index (κ1) is 13.0. The van der Waals surface area contributed by atoms with Gasteiger partial charge in [-0.05, 0) is 55.9 Å². The standard InChI is InChI=1S/C14H23NO/c1-5-13(15)7-6-12-8-10(2)11(3)9-14(12)16-4/h8-9,13H,5-7,15H2,1-4H3. The minimum Gasteiger partial charge on any atom is -0.496 e. The smallest absolute Gasteiger partial charge is 0.122 e. The summed E-state index contributed by atoms with van der Waals surface area (Å²) < 4.78 is 5.41. The summed E-state index contributed by atoms with van der Waals surface area (Å²) in [7, 11) is 1.73. The molecule has 1 unspecified atom stereocenters. The number of hydrogen-bond acceptors (Lipinski definition) is 2. The Bertz CT molecular complexity index is 347. The molecule has 2 heteroatoms. The van der Waals surface area contributed by atoms with E-state index in [1.165, 1.54) is 16.7 Å². The van der Waals surface area contributed by atoms with Crippen LogP contribution in [-0.4, -0.2) is 13.2 Å². The van der Waals surface area contributed by atoms with E-state index in [4.69, 9.17) is 10.5 Å². The van der Waals surface area contributed by atoms with Crippen molar-refractivity contribution in [2.24, 2.45) is 5.73 Å². The van der Waals surface area contributed by atoms with E-state index in [-0.39, 0.29) is 0 Å². The van der Waals surface area contributed by atoms with Crippen LogP contribution in [-0.2, 0) is 6.42 Å². The van der Waals surface area contributed by atoms with Crippen LogP contribution in [0.2, 0.25) is 0 Å². The lowest BCUT2D eigenvalue weighted by Crippen LogP contribution is -2.19. The molecular formula is C14H23NO. The molecule has 0 saturated carbocycles. The summed E-state index contributed by atoms with van der Waals surface area (Å²) in [5.74, 6) is 0.992. The first-order valence-corrected chi connectivity index (χ1v) is 5.98. The average molecular weight is 221 g/mol. The van der Waals surface area contributed by atoms with Crippen molar-refractivity contribution in [2.45, 2.75) is 46.1 Å². The van der Waals surface area contributed by atoms with Gasteiger partial charge in [0.05, 0.1) is 7.11 Å². The summed E-state index contributed by atoms with van der Waals surface area (Å²) in [6, 6.07) is 4.63. The minimum absolute atomic E-state index is 0.298. The van der Waals surface area contributed by atoms with Gasteiger partial charge in [0.25, 0.3) is 0 Å². The van der Waals surface area contributed by atoms with Crippen LogP contribution < -0.4 is 10.5 Å². The zero-order chi connectivity index (χ0) is 12.1. The molecule has 0 bridgehead atoms. The first-order valence-electron chi connectivity index (χ1n) is 5.98. The fraction of sp³-hybridized carbons (Fsp3) is 0.571. The van der Waals surface area contributed by atoms with Crippen LogP contribution in [0.1, 0.15) is 36.5 Å². The van der Waals surface area contributed by atoms with Crippen molar-refractivity contribution in [3.8, 4) is 5.75 Å². The third-order valence-corrected chi connectivity index (χ3v) is 3.21. The van der Waals surface area contributed by atoms with Crippen molar-refractivity contribution >= 4 is 0 Å². The molecule has 90 valence electrons. The molecule has 0 fully saturated rings. The van der Waals surface area contributed by atoms with E-state index in [0.29, 0.717) is 6.04 Å². The average Bonchev–Trinajstić information content (AvgIpc) is 2.29. The van der Waals surface area contributed by atoms with Gasteiger partial charge in [0.1, 0.15) is 5.75 Å². The van der Waals surface area contributed by atoms with Gasteiger partial charge in [0.15, 0.2) is 0 Å². The van der Waals surface area contributed by atoms with Crippen molar-refractivity contribution < 1.29 is 4.74 Å². The maximum absolute atomic E-state index is 5.94. The van der Waals surface area contributed by atoms with Crippen LogP contribution in [0.25, 0.3) is 0 Å². The van der Waals surface area contributed by atoms with Crippen LogP contribution in [0, 0.1) is 13.8 Å². The van der Waals surface area contributed by atoms with Gasteiger partial charge >= 0.3 is 0 Å². The lowest BCUT2D eigenvalue weighted by molar-refractivity contribution is 0.407. The quantitative estimate of drug-likeness (QED) is 0.829. The molecule has 1 aromatic rings. The summed E-state index contributed by atoms with van der Waals surface area (Å²) in [6.07, 6.45) is 3.06. The second kappa shape index (κ2) is 5.90. The van der Waals surface area contributed by atoms with E-state index < -0.39 is 0 Å². The molecule has 0 amide bonds. The maximum Gasteiger partial charge on any atom is 0.122 e. The summed E-state index contributed by atoms with van der Waals surface area (Å²) in [6.45, 7) is 6.37. The second-order valence-electron chi connectivity index (χ2n) is 4.46. The molecular weight excluding hydrogens is 198 g/mol. The number of methoxy groups -OCH3 is 1. The predicted molar refractivity (Wildman–Crippen MR) is 69.1 cm³/mol. The Morgan fingerprint density at radius 1 is 1.25 bits per heavy atom. The largest absolute Gasteiger partial charge is 0.496 e. The molecule has 16 heavy (non-hydrogen) atoms. The first-order chi connectivity index (χ1) is 7.58. The Morgan fingerprint density at radius 3 is 2.44 bits per heavy atom. The van der Waals surface area contributed by atoms with E-state index in [0.717, 1.165) is 25.0 Å². The maximum atomic E-state index is 5.94. The Hall–Kier alpha value is -1.02. The van der Waals surface area contributed by atoms with E-state index >= 15 is 0 Å². The van der Waals surface area contributed by atoms with Crippen LogP contribution >= 0.6 is 0 Å². The second-order valence-corrected chi connectivity index (χ2v) is 4.46. The highest BCUT2D eigenvalue weighted by Gasteiger charge is 2.07. The van der Waals surface area contributed by atoms with E-state index in [1.807, 2.05) is 0 Å². The third-order valence-electron chi connectivity index (χ3n) is 3.21. The Morgan fingerprint density at radius 2 is 1.88 bits per heavy atom. The van der Waals surface area contributed by atoms with E-state index in [2.05, 4.69) is 32.9 Å². The number of benzene rings is 1. The SMILES string of the molecule is CCC(N)CCc1cc(C)c(C)cc1OC. The molecule has 0 saturated heterocycles. The van der Waals surface area contributed by atoms with E-state index in [1.54, 1.807) is 7.11 Å². The molecule has 0 aromatic heterocycles. The minimum atomic E-state index is 0.298. The van der Waals surface area contributed by atoms with E-state index in [9.17, 15) is 0 Å². The summed E-state index contributed by atoms with van der Waals surface area (Å²) in [4.78, 5) is 0. The Labute approximate surface area is 98.8 Å².